The molecule has 0 aliphatic heterocycles. The summed E-state index contributed by atoms with van der Waals surface area (Å²) in [6.07, 6.45) is 0. The van der Waals surface area contributed by atoms with Crippen LogP contribution in [-0.2, 0) is 4.74 Å². The van der Waals surface area contributed by atoms with Crippen molar-refractivity contribution in [2.75, 3.05) is 13.7 Å². The molecule has 3 aromatic carbocycles. The number of carbonyl (C=O) groups is 1. The van der Waals surface area contributed by atoms with Crippen molar-refractivity contribution in [1.82, 2.24) is 4.98 Å². The molecule has 140 valence electrons. The number of carbonyl (C=O) groups excluding carboxylic acids is 1. The summed E-state index contributed by atoms with van der Waals surface area (Å²) in [4.78, 5) is 16.8. The van der Waals surface area contributed by atoms with E-state index in [1.807, 2.05) is 36.4 Å². The van der Waals surface area contributed by atoms with E-state index in [1.54, 1.807) is 14.0 Å². The van der Waals surface area contributed by atoms with Gasteiger partial charge in [-0.05, 0) is 0 Å². The van der Waals surface area contributed by atoms with E-state index >= 15 is 0 Å². The molecule has 4 nitrogen and oxygen atoms in total. The summed E-state index contributed by atoms with van der Waals surface area (Å²) >= 11 is -0.00116. The summed E-state index contributed by atoms with van der Waals surface area (Å²) < 4.78 is 12.9. The molecule has 0 atom stereocenters. The van der Waals surface area contributed by atoms with Crippen LogP contribution in [0.1, 0.15) is 17.4 Å². The number of ether oxygens (including phenoxy) is 2. The Bertz CT molecular complexity index is 1170. The third-order valence-corrected chi connectivity index (χ3v) is 6.61. The zero-order valence-electron chi connectivity index (χ0n) is 15.6. The van der Waals surface area contributed by atoms with Crippen molar-refractivity contribution in [3.05, 3.63) is 72.4 Å². The molecule has 0 unspecified atom stereocenters. The molecule has 4 aromatic rings. The number of methoxy groups -OCH3 is 1. The van der Waals surface area contributed by atoms with Gasteiger partial charge in [-0.1, -0.05) is 0 Å². The van der Waals surface area contributed by atoms with Crippen molar-refractivity contribution in [2.45, 2.75) is 6.92 Å². The van der Waals surface area contributed by atoms with Crippen LogP contribution < -0.4 is 13.7 Å². The molecule has 0 amide bonds. The van der Waals surface area contributed by atoms with Crippen LogP contribution in [0.3, 0.4) is 0 Å². The van der Waals surface area contributed by atoms with Gasteiger partial charge in [0.15, 0.2) is 0 Å². The number of benzene rings is 3. The van der Waals surface area contributed by atoms with Crippen molar-refractivity contribution in [2.24, 2.45) is 0 Å². The van der Waals surface area contributed by atoms with Crippen molar-refractivity contribution in [3.8, 4) is 5.75 Å². The predicted octanol–water partition coefficient (Wildman–Crippen LogP) is 3.23. The van der Waals surface area contributed by atoms with E-state index in [0.29, 0.717) is 12.3 Å². The van der Waals surface area contributed by atoms with Gasteiger partial charge in [-0.3, -0.25) is 0 Å². The molecule has 0 radical (unpaired) electrons. The fraction of sp³-hybridized carbons (Fsp3) is 0.130. The van der Waals surface area contributed by atoms with Crippen molar-refractivity contribution in [1.29, 1.82) is 0 Å². The van der Waals surface area contributed by atoms with Gasteiger partial charge in [0.2, 0.25) is 0 Å². The Morgan fingerprint density at radius 3 is 2.61 bits per heavy atom. The third-order valence-electron chi connectivity index (χ3n) is 4.41. The van der Waals surface area contributed by atoms with E-state index in [4.69, 9.17) is 9.47 Å². The zero-order valence-corrected chi connectivity index (χ0v) is 17.4. The first-order chi connectivity index (χ1) is 13.7. The van der Waals surface area contributed by atoms with Gasteiger partial charge in [0.05, 0.1) is 0 Å². The molecule has 0 N–H and O–H groups in total. The summed E-state index contributed by atoms with van der Waals surface area (Å²) in [7, 11) is 1.65. The fourth-order valence-electron chi connectivity index (χ4n) is 3.05. The topological polar surface area (TPSA) is 48.4 Å². The third kappa shape index (κ3) is 3.72. The number of esters is 1. The second-order valence-corrected chi connectivity index (χ2v) is 8.56. The molecule has 0 spiro atoms. The molecular formula is C23H19NO3Se. The van der Waals surface area contributed by atoms with Crippen LogP contribution in [0, 0.1) is 0 Å². The minimum absolute atomic E-state index is 0.00116. The second kappa shape index (κ2) is 8.01. The number of fused-ring (bicyclic) bond motifs is 2. The number of hydrogen-bond acceptors (Lipinski definition) is 4. The van der Waals surface area contributed by atoms with Gasteiger partial charge >= 0.3 is 170 Å². The Morgan fingerprint density at radius 2 is 1.82 bits per heavy atom. The van der Waals surface area contributed by atoms with E-state index in [0.717, 1.165) is 21.1 Å². The molecule has 4 rings (SSSR count). The van der Waals surface area contributed by atoms with Gasteiger partial charge in [-0.2, -0.15) is 0 Å². The van der Waals surface area contributed by atoms with Gasteiger partial charge in [0.1, 0.15) is 0 Å². The number of rotatable bonds is 5. The van der Waals surface area contributed by atoms with Crippen LogP contribution in [-0.4, -0.2) is 39.6 Å². The first-order valence-electron chi connectivity index (χ1n) is 9.00. The summed E-state index contributed by atoms with van der Waals surface area (Å²) in [5.74, 6) is 0.379. The van der Waals surface area contributed by atoms with Gasteiger partial charge in [0.25, 0.3) is 0 Å². The molecular weight excluding hydrogens is 417 g/mol. The van der Waals surface area contributed by atoms with Crippen LogP contribution in [0.25, 0.3) is 21.7 Å². The van der Waals surface area contributed by atoms with Crippen LogP contribution in [0.2, 0.25) is 0 Å². The van der Waals surface area contributed by atoms with Crippen molar-refractivity contribution in [3.63, 3.8) is 0 Å². The first-order valence-corrected chi connectivity index (χ1v) is 10.7. The van der Waals surface area contributed by atoms with E-state index < -0.39 is 5.97 Å². The van der Waals surface area contributed by atoms with E-state index in [9.17, 15) is 4.79 Å². The Hall–Kier alpha value is -2.88. The molecule has 0 aliphatic carbocycles. The summed E-state index contributed by atoms with van der Waals surface area (Å²) in [5, 5.41) is 3.43. The van der Waals surface area contributed by atoms with E-state index in [1.165, 1.54) is 15.2 Å². The molecule has 0 aliphatic rings. The maximum atomic E-state index is 12.3. The van der Waals surface area contributed by atoms with Crippen LogP contribution in [0.5, 0.6) is 5.75 Å². The van der Waals surface area contributed by atoms with Gasteiger partial charge in [-0.15, -0.1) is 0 Å². The Morgan fingerprint density at radius 1 is 1.00 bits per heavy atom. The number of hydrogen-bond donors (Lipinski definition) is 0. The molecule has 0 bridgehead atoms. The average molecular weight is 436 g/mol. The Balaban J connectivity index is 1.82. The molecule has 1 aromatic heterocycles. The fourth-order valence-corrected chi connectivity index (χ4v) is 5.19. The van der Waals surface area contributed by atoms with E-state index in [-0.39, 0.29) is 15.0 Å². The minimum atomic E-state index is -0.393. The molecule has 5 heteroatoms. The average Bonchev–Trinajstić information content (AvgIpc) is 2.73. The van der Waals surface area contributed by atoms with Gasteiger partial charge in [0, 0.05) is 0 Å². The number of nitrogens with zero attached hydrogens (tertiary/aromatic N) is 1. The van der Waals surface area contributed by atoms with Crippen LogP contribution in [0.15, 0.2) is 66.7 Å². The zero-order chi connectivity index (χ0) is 19.5. The molecule has 1 heterocycles. The van der Waals surface area contributed by atoms with E-state index in [2.05, 4.69) is 35.3 Å². The Labute approximate surface area is 169 Å². The SMILES string of the molecule is CCOC(=O)c1cc([Se]c2ccc3ccccc3c2)c2cc(OC)ccc2n1. The Kier molecular flexibility index (Phi) is 5.29. The molecule has 0 fully saturated rings. The molecule has 0 saturated carbocycles. The van der Waals surface area contributed by atoms with Crippen molar-refractivity contribution < 1.29 is 14.3 Å². The normalized spacial score (nSPS) is 10.9. The molecule has 28 heavy (non-hydrogen) atoms. The number of aromatic nitrogens is 1. The standard InChI is InChI=1S/C23H19NO3Se/c1-3-27-23(25)21-14-22(19-13-17(26-2)9-11-20(19)24-21)28-18-10-8-15-6-4-5-7-16(15)12-18/h4-14H,3H2,1-2H3. The van der Waals surface area contributed by atoms with Crippen LogP contribution >= 0.6 is 0 Å². The van der Waals surface area contributed by atoms with Gasteiger partial charge < -0.3 is 0 Å². The quantitative estimate of drug-likeness (QED) is 0.356. The van der Waals surface area contributed by atoms with Crippen molar-refractivity contribution >= 4 is 51.5 Å². The predicted molar refractivity (Wildman–Crippen MR) is 113 cm³/mol. The number of pyridine rings is 1. The first kappa shape index (κ1) is 18.5. The monoisotopic (exact) mass is 437 g/mol. The summed E-state index contributed by atoms with van der Waals surface area (Å²) in [6, 6.07) is 22.4. The second-order valence-electron chi connectivity index (χ2n) is 6.22. The summed E-state index contributed by atoms with van der Waals surface area (Å²) in [6.45, 7) is 2.12. The maximum absolute atomic E-state index is 12.3. The van der Waals surface area contributed by atoms with Crippen LogP contribution in [0.4, 0.5) is 0 Å². The summed E-state index contributed by atoms with van der Waals surface area (Å²) in [5.41, 5.74) is 1.11. The van der Waals surface area contributed by atoms with Gasteiger partial charge in [-0.25, -0.2) is 0 Å². The molecule has 0 saturated heterocycles.